The molecule has 1 atom stereocenters. The highest BCUT2D eigenvalue weighted by molar-refractivity contribution is 5.82. The molecule has 4 heteroatoms. The molecule has 0 spiro atoms. The summed E-state index contributed by atoms with van der Waals surface area (Å²) in [6.07, 6.45) is 3.44. The normalized spacial score (nSPS) is 17.2. The van der Waals surface area contributed by atoms with Gasteiger partial charge in [-0.05, 0) is 24.8 Å². The predicted octanol–water partition coefficient (Wildman–Crippen LogP) is 1.12. The molecule has 104 valence electrons. The molecule has 2 rings (SSSR count). The van der Waals surface area contributed by atoms with E-state index in [1.165, 1.54) is 12.0 Å². The first kappa shape index (κ1) is 14.0. The molecular weight excluding hydrogens is 238 g/mol. The average Bonchev–Trinajstić information content (AvgIpc) is 2.48. The highest BCUT2D eigenvalue weighted by atomic mass is 16.2. The van der Waals surface area contributed by atoms with Crippen LogP contribution < -0.4 is 11.1 Å². The van der Waals surface area contributed by atoms with Crippen molar-refractivity contribution in [1.82, 2.24) is 10.2 Å². The summed E-state index contributed by atoms with van der Waals surface area (Å²) in [6.45, 7) is 3.02. The van der Waals surface area contributed by atoms with Crippen molar-refractivity contribution in [3.8, 4) is 0 Å². The first-order valence-corrected chi connectivity index (χ1v) is 7.06. The Hall–Kier alpha value is -1.39. The number of hydrogen-bond acceptors (Lipinski definition) is 3. The minimum absolute atomic E-state index is 0.0836. The minimum Gasteiger partial charge on any atom is -0.341 e. The van der Waals surface area contributed by atoms with E-state index >= 15 is 0 Å². The molecule has 1 unspecified atom stereocenters. The summed E-state index contributed by atoms with van der Waals surface area (Å²) in [7, 11) is 0. The predicted molar refractivity (Wildman–Crippen MR) is 76.6 cm³/mol. The Bertz CT molecular complexity index is 388. The zero-order valence-electron chi connectivity index (χ0n) is 11.3. The van der Waals surface area contributed by atoms with Crippen LogP contribution in [0.4, 0.5) is 0 Å². The third-order valence-electron chi connectivity index (χ3n) is 3.52. The van der Waals surface area contributed by atoms with Gasteiger partial charge >= 0.3 is 0 Å². The van der Waals surface area contributed by atoms with Gasteiger partial charge in [-0.25, -0.2) is 0 Å². The molecule has 1 amide bonds. The number of likely N-dealkylation sites (tertiary alicyclic amines) is 1. The van der Waals surface area contributed by atoms with Gasteiger partial charge in [0, 0.05) is 26.2 Å². The lowest BCUT2D eigenvalue weighted by molar-refractivity contribution is -0.133. The minimum atomic E-state index is -0.429. The van der Waals surface area contributed by atoms with Crippen molar-refractivity contribution in [3.63, 3.8) is 0 Å². The summed E-state index contributed by atoms with van der Waals surface area (Å²) >= 11 is 0. The van der Waals surface area contributed by atoms with Crippen molar-refractivity contribution in [2.75, 3.05) is 19.6 Å². The van der Waals surface area contributed by atoms with E-state index in [0.717, 1.165) is 32.5 Å². The zero-order chi connectivity index (χ0) is 13.5. The van der Waals surface area contributed by atoms with E-state index in [4.69, 9.17) is 5.73 Å². The summed E-state index contributed by atoms with van der Waals surface area (Å²) in [6, 6.07) is 9.71. The van der Waals surface area contributed by atoms with E-state index in [0.29, 0.717) is 6.54 Å². The fraction of sp³-hybridized carbons (Fsp3) is 0.533. The number of piperidine rings is 1. The molecule has 0 saturated carbocycles. The number of nitrogens with one attached hydrogen (secondary N) is 1. The number of benzene rings is 1. The number of hydrogen-bond donors (Lipinski definition) is 2. The van der Waals surface area contributed by atoms with Gasteiger partial charge in [0.05, 0.1) is 6.04 Å². The number of nitrogens with two attached hydrogens (primary N) is 1. The standard InChI is InChI=1S/C15H23N3O/c16-14(15(19)18-9-5-2-6-10-18)12-17-11-13-7-3-1-4-8-13/h1,3-4,7-8,14,17H,2,5-6,9-12,16H2. The molecule has 1 saturated heterocycles. The van der Waals surface area contributed by atoms with Gasteiger partial charge in [-0.2, -0.15) is 0 Å². The molecule has 1 heterocycles. The molecule has 1 aromatic carbocycles. The molecule has 1 aliphatic rings. The van der Waals surface area contributed by atoms with Gasteiger partial charge in [-0.15, -0.1) is 0 Å². The van der Waals surface area contributed by atoms with Crippen molar-refractivity contribution >= 4 is 5.91 Å². The van der Waals surface area contributed by atoms with Gasteiger partial charge in [0.25, 0.3) is 0 Å². The van der Waals surface area contributed by atoms with Crippen molar-refractivity contribution in [3.05, 3.63) is 35.9 Å². The highest BCUT2D eigenvalue weighted by Gasteiger charge is 2.21. The van der Waals surface area contributed by atoms with E-state index < -0.39 is 6.04 Å². The molecule has 0 aliphatic carbocycles. The first-order valence-electron chi connectivity index (χ1n) is 7.06. The second-order valence-corrected chi connectivity index (χ2v) is 5.11. The summed E-state index contributed by atoms with van der Waals surface area (Å²) in [5, 5.41) is 3.25. The number of carbonyl (C=O) groups is 1. The summed E-state index contributed by atoms with van der Waals surface area (Å²) in [5.74, 6) is 0.0836. The third kappa shape index (κ3) is 4.33. The molecule has 1 fully saturated rings. The van der Waals surface area contributed by atoms with Gasteiger partial charge in [0.1, 0.15) is 0 Å². The largest absolute Gasteiger partial charge is 0.341 e. The molecule has 1 aromatic rings. The van der Waals surface area contributed by atoms with E-state index in [2.05, 4.69) is 17.4 Å². The van der Waals surface area contributed by atoms with Gasteiger partial charge in [0.2, 0.25) is 5.91 Å². The fourth-order valence-corrected chi connectivity index (χ4v) is 2.40. The van der Waals surface area contributed by atoms with Gasteiger partial charge < -0.3 is 16.0 Å². The lowest BCUT2D eigenvalue weighted by Gasteiger charge is -2.29. The monoisotopic (exact) mass is 261 g/mol. The van der Waals surface area contributed by atoms with Crippen LogP contribution in [-0.2, 0) is 11.3 Å². The molecule has 0 radical (unpaired) electrons. The van der Waals surface area contributed by atoms with Crippen LogP contribution in [0.1, 0.15) is 24.8 Å². The second-order valence-electron chi connectivity index (χ2n) is 5.11. The molecule has 0 bridgehead atoms. The van der Waals surface area contributed by atoms with Crippen molar-refractivity contribution in [2.45, 2.75) is 31.8 Å². The highest BCUT2D eigenvalue weighted by Crippen LogP contribution is 2.09. The van der Waals surface area contributed by atoms with E-state index in [1.807, 2.05) is 23.1 Å². The van der Waals surface area contributed by atoms with Gasteiger partial charge in [-0.1, -0.05) is 30.3 Å². The Morgan fingerprint density at radius 1 is 1.21 bits per heavy atom. The summed E-state index contributed by atoms with van der Waals surface area (Å²) in [5.41, 5.74) is 7.17. The van der Waals surface area contributed by atoms with Crippen LogP contribution in [0.2, 0.25) is 0 Å². The van der Waals surface area contributed by atoms with Crippen molar-refractivity contribution in [1.29, 1.82) is 0 Å². The molecular formula is C15H23N3O. The van der Waals surface area contributed by atoms with Crippen LogP contribution in [-0.4, -0.2) is 36.5 Å². The van der Waals surface area contributed by atoms with Crippen LogP contribution in [0.15, 0.2) is 30.3 Å². The molecule has 4 nitrogen and oxygen atoms in total. The number of rotatable bonds is 5. The maximum Gasteiger partial charge on any atom is 0.240 e. The van der Waals surface area contributed by atoms with Crippen LogP contribution in [0.5, 0.6) is 0 Å². The zero-order valence-corrected chi connectivity index (χ0v) is 11.3. The Kier molecular flexibility index (Phi) is 5.36. The summed E-state index contributed by atoms with van der Waals surface area (Å²) in [4.78, 5) is 14.0. The molecule has 1 aliphatic heterocycles. The molecule has 0 aromatic heterocycles. The summed E-state index contributed by atoms with van der Waals surface area (Å²) < 4.78 is 0. The molecule has 19 heavy (non-hydrogen) atoms. The number of carbonyl (C=O) groups excluding carboxylic acids is 1. The second kappa shape index (κ2) is 7.26. The number of amides is 1. The SMILES string of the molecule is NC(CNCc1ccccc1)C(=O)N1CCCCC1. The van der Waals surface area contributed by atoms with Crippen LogP contribution in [0, 0.1) is 0 Å². The molecule has 3 N–H and O–H groups in total. The maximum atomic E-state index is 12.1. The van der Waals surface area contributed by atoms with Gasteiger partial charge in [0.15, 0.2) is 0 Å². The van der Waals surface area contributed by atoms with Crippen LogP contribution >= 0.6 is 0 Å². The van der Waals surface area contributed by atoms with Crippen LogP contribution in [0.25, 0.3) is 0 Å². The fourth-order valence-electron chi connectivity index (χ4n) is 2.40. The average molecular weight is 261 g/mol. The third-order valence-corrected chi connectivity index (χ3v) is 3.52. The number of nitrogens with zero attached hydrogens (tertiary/aromatic N) is 1. The Morgan fingerprint density at radius 3 is 2.58 bits per heavy atom. The van der Waals surface area contributed by atoms with Crippen molar-refractivity contribution < 1.29 is 4.79 Å². The van der Waals surface area contributed by atoms with Crippen molar-refractivity contribution in [2.24, 2.45) is 5.73 Å². The lowest BCUT2D eigenvalue weighted by Crippen LogP contribution is -2.50. The first-order chi connectivity index (χ1) is 9.27. The Balaban J connectivity index is 1.71. The smallest absolute Gasteiger partial charge is 0.240 e. The van der Waals surface area contributed by atoms with Crippen LogP contribution in [0.3, 0.4) is 0 Å². The topological polar surface area (TPSA) is 58.4 Å². The van der Waals surface area contributed by atoms with Gasteiger partial charge in [-0.3, -0.25) is 4.79 Å². The lowest BCUT2D eigenvalue weighted by atomic mass is 10.1. The maximum absolute atomic E-state index is 12.1. The van der Waals surface area contributed by atoms with E-state index in [-0.39, 0.29) is 5.91 Å². The van der Waals surface area contributed by atoms with E-state index in [1.54, 1.807) is 0 Å². The quantitative estimate of drug-likeness (QED) is 0.835. The Morgan fingerprint density at radius 2 is 1.89 bits per heavy atom. The van der Waals surface area contributed by atoms with E-state index in [9.17, 15) is 4.79 Å². The Labute approximate surface area is 115 Å².